The molecular weight excluding hydrogens is 470 g/mol. The highest BCUT2D eigenvalue weighted by atomic mass is 32.1. The summed E-state index contributed by atoms with van der Waals surface area (Å²) in [5.41, 5.74) is 5.12. The van der Waals surface area contributed by atoms with Crippen molar-refractivity contribution in [2.24, 2.45) is 0 Å². The fourth-order valence-corrected chi connectivity index (χ4v) is 5.36. The Morgan fingerprint density at radius 2 is 1.81 bits per heavy atom. The van der Waals surface area contributed by atoms with Crippen LogP contribution in [0.1, 0.15) is 40.0 Å². The number of hydrogen-bond acceptors (Lipinski definition) is 4. The van der Waals surface area contributed by atoms with Gasteiger partial charge in [0, 0.05) is 30.3 Å². The summed E-state index contributed by atoms with van der Waals surface area (Å²) >= 11 is 1.65. The second-order valence-electron chi connectivity index (χ2n) is 9.53. The van der Waals surface area contributed by atoms with E-state index in [1.54, 1.807) is 16.2 Å². The first-order valence-corrected chi connectivity index (χ1v) is 13.4. The van der Waals surface area contributed by atoms with E-state index in [1.807, 2.05) is 67.3 Å². The minimum absolute atomic E-state index is 0.00609. The summed E-state index contributed by atoms with van der Waals surface area (Å²) in [5.74, 6) is -0.0829. The van der Waals surface area contributed by atoms with Crippen LogP contribution in [0.4, 0.5) is 10.5 Å². The quantitative estimate of drug-likeness (QED) is 0.393. The highest BCUT2D eigenvalue weighted by Crippen LogP contribution is 2.21. The first-order valence-electron chi connectivity index (χ1n) is 12.5. The molecule has 1 atom stereocenters. The van der Waals surface area contributed by atoms with Crippen molar-refractivity contribution in [3.8, 4) is 0 Å². The number of anilines is 1. The molecular formula is C29H35N3O3S. The Balaban J connectivity index is 1.53. The number of ether oxygens (including phenoxy) is 1. The van der Waals surface area contributed by atoms with Crippen molar-refractivity contribution in [1.82, 2.24) is 9.80 Å². The average Bonchev–Trinajstić information content (AvgIpc) is 3.52. The SMILES string of the molecule is Cc1ccc(NC(=O)N(CC(=O)N(Cc2ccccc2)Cc2sccc2C)CC2CCCO2)c(C)c1. The second kappa shape index (κ2) is 12.2. The topological polar surface area (TPSA) is 61.9 Å². The van der Waals surface area contributed by atoms with Gasteiger partial charge in [0.1, 0.15) is 6.54 Å². The Labute approximate surface area is 217 Å². The monoisotopic (exact) mass is 505 g/mol. The van der Waals surface area contributed by atoms with E-state index in [2.05, 4.69) is 23.7 Å². The lowest BCUT2D eigenvalue weighted by Gasteiger charge is -2.29. The number of nitrogens with one attached hydrogen (secondary N) is 1. The van der Waals surface area contributed by atoms with Gasteiger partial charge < -0.3 is 19.9 Å². The predicted octanol–water partition coefficient (Wildman–Crippen LogP) is 5.92. The maximum absolute atomic E-state index is 13.7. The Morgan fingerprint density at radius 1 is 1.00 bits per heavy atom. The number of aryl methyl sites for hydroxylation is 3. The minimum Gasteiger partial charge on any atom is -0.376 e. The molecule has 1 N–H and O–H groups in total. The number of thiophene rings is 1. The Morgan fingerprint density at radius 3 is 2.47 bits per heavy atom. The summed E-state index contributed by atoms with van der Waals surface area (Å²) in [6.07, 6.45) is 1.82. The van der Waals surface area contributed by atoms with Crippen molar-refractivity contribution >= 4 is 29.0 Å². The van der Waals surface area contributed by atoms with E-state index in [4.69, 9.17) is 4.74 Å². The van der Waals surface area contributed by atoms with Gasteiger partial charge in [-0.3, -0.25) is 4.79 Å². The van der Waals surface area contributed by atoms with Gasteiger partial charge in [-0.05, 0) is 67.8 Å². The molecule has 1 saturated heterocycles. The van der Waals surface area contributed by atoms with Crippen LogP contribution in [0.3, 0.4) is 0 Å². The van der Waals surface area contributed by atoms with Crippen molar-refractivity contribution in [3.63, 3.8) is 0 Å². The number of carbonyl (C=O) groups excluding carboxylic acids is 2. The maximum Gasteiger partial charge on any atom is 0.322 e. The predicted molar refractivity (Wildman–Crippen MR) is 145 cm³/mol. The summed E-state index contributed by atoms with van der Waals surface area (Å²) in [6, 6.07) is 17.7. The molecule has 4 rings (SSSR count). The lowest BCUT2D eigenvalue weighted by molar-refractivity contribution is -0.133. The number of urea groups is 1. The zero-order valence-electron chi connectivity index (χ0n) is 21.3. The van der Waals surface area contributed by atoms with E-state index in [-0.39, 0.29) is 24.6 Å². The smallest absolute Gasteiger partial charge is 0.322 e. The summed E-state index contributed by atoms with van der Waals surface area (Å²) in [6.45, 7) is 8.16. The van der Waals surface area contributed by atoms with Crippen LogP contribution >= 0.6 is 11.3 Å². The van der Waals surface area contributed by atoms with Gasteiger partial charge in [0.25, 0.3) is 0 Å². The van der Waals surface area contributed by atoms with Crippen LogP contribution in [0.15, 0.2) is 60.0 Å². The van der Waals surface area contributed by atoms with Crippen molar-refractivity contribution < 1.29 is 14.3 Å². The van der Waals surface area contributed by atoms with E-state index >= 15 is 0 Å². The van der Waals surface area contributed by atoms with E-state index < -0.39 is 0 Å². The molecule has 1 aromatic heterocycles. The summed E-state index contributed by atoms with van der Waals surface area (Å²) in [7, 11) is 0. The van der Waals surface area contributed by atoms with Crippen LogP contribution in [0, 0.1) is 20.8 Å². The Hall–Kier alpha value is -3.16. The number of hydrogen-bond donors (Lipinski definition) is 1. The Kier molecular flexibility index (Phi) is 8.78. The second-order valence-corrected chi connectivity index (χ2v) is 10.5. The third-order valence-electron chi connectivity index (χ3n) is 6.56. The normalized spacial score (nSPS) is 15.0. The first kappa shape index (κ1) is 25.9. The molecule has 0 bridgehead atoms. The van der Waals surface area contributed by atoms with Gasteiger partial charge in [-0.15, -0.1) is 11.3 Å². The molecule has 1 fully saturated rings. The maximum atomic E-state index is 13.7. The molecule has 2 aromatic carbocycles. The molecule has 0 saturated carbocycles. The molecule has 1 aliphatic rings. The van der Waals surface area contributed by atoms with Crippen LogP contribution in [-0.2, 0) is 22.6 Å². The lowest BCUT2D eigenvalue weighted by atomic mass is 10.1. The van der Waals surface area contributed by atoms with Gasteiger partial charge in [0.05, 0.1) is 12.6 Å². The number of rotatable bonds is 9. The Bertz CT molecular complexity index is 1170. The van der Waals surface area contributed by atoms with E-state index in [1.165, 1.54) is 5.56 Å². The first-order chi connectivity index (χ1) is 17.4. The molecule has 3 aromatic rings. The number of carbonyl (C=O) groups is 2. The molecule has 0 radical (unpaired) electrons. The van der Waals surface area contributed by atoms with Crippen molar-refractivity contribution in [1.29, 1.82) is 0 Å². The lowest BCUT2D eigenvalue weighted by Crippen LogP contribution is -2.46. The van der Waals surface area contributed by atoms with Crippen LogP contribution in [0.2, 0.25) is 0 Å². The summed E-state index contributed by atoms with van der Waals surface area (Å²) in [5, 5.41) is 5.08. The van der Waals surface area contributed by atoms with Crippen molar-refractivity contribution in [2.45, 2.75) is 52.8 Å². The molecule has 36 heavy (non-hydrogen) atoms. The highest BCUT2D eigenvalue weighted by Gasteiger charge is 2.27. The van der Waals surface area contributed by atoms with E-state index in [0.717, 1.165) is 40.1 Å². The zero-order valence-corrected chi connectivity index (χ0v) is 22.1. The van der Waals surface area contributed by atoms with Crippen molar-refractivity contribution in [3.05, 3.63) is 87.1 Å². The largest absolute Gasteiger partial charge is 0.376 e. The van der Waals surface area contributed by atoms with Gasteiger partial charge >= 0.3 is 6.03 Å². The molecule has 7 heteroatoms. The third kappa shape index (κ3) is 6.95. The van der Waals surface area contributed by atoms with Crippen LogP contribution in [0.5, 0.6) is 0 Å². The number of benzene rings is 2. The summed E-state index contributed by atoms with van der Waals surface area (Å²) < 4.78 is 5.82. The molecule has 1 aliphatic heterocycles. The van der Waals surface area contributed by atoms with Crippen LogP contribution in [-0.4, -0.2) is 47.5 Å². The van der Waals surface area contributed by atoms with Gasteiger partial charge in [-0.2, -0.15) is 0 Å². The van der Waals surface area contributed by atoms with Gasteiger partial charge in [-0.25, -0.2) is 4.79 Å². The fourth-order valence-electron chi connectivity index (χ4n) is 4.44. The molecule has 3 amide bonds. The minimum atomic E-state index is -0.280. The number of amides is 3. The zero-order chi connectivity index (χ0) is 25.5. The van der Waals surface area contributed by atoms with Crippen LogP contribution in [0.25, 0.3) is 0 Å². The van der Waals surface area contributed by atoms with Crippen molar-refractivity contribution in [2.75, 3.05) is 25.0 Å². The molecule has 190 valence electrons. The van der Waals surface area contributed by atoms with Gasteiger partial charge in [0.15, 0.2) is 0 Å². The van der Waals surface area contributed by atoms with Gasteiger partial charge in [0.2, 0.25) is 5.91 Å². The van der Waals surface area contributed by atoms with E-state index in [9.17, 15) is 9.59 Å². The third-order valence-corrected chi connectivity index (χ3v) is 7.56. The average molecular weight is 506 g/mol. The fraction of sp³-hybridized carbons (Fsp3) is 0.379. The standard InChI is InChI=1S/C29H35N3O3S/c1-21-11-12-26(23(3)16-21)30-29(34)32(18-25-10-7-14-35-25)20-28(33)31(17-24-8-5-4-6-9-24)19-27-22(2)13-15-36-27/h4-6,8-9,11-13,15-16,25H,7,10,14,17-20H2,1-3H3,(H,30,34). The molecule has 0 spiro atoms. The molecule has 6 nitrogen and oxygen atoms in total. The summed E-state index contributed by atoms with van der Waals surface area (Å²) in [4.78, 5) is 31.7. The molecule has 2 heterocycles. The number of nitrogens with zero attached hydrogens (tertiary/aromatic N) is 2. The highest BCUT2D eigenvalue weighted by molar-refractivity contribution is 7.10. The molecule has 0 aliphatic carbocycles. The van der Waals surface area contributed by atoms with Crippen LogP contribution < -0.4 is 5.32 Å². The molecule has 1 unspecified atom stereocenters. The van der Waals surface area contributed by atoms with E-state index in [0.29, 0.717) is 26.2 Å². The van der Waals surface area contributed by atoms with Gasteiger partial charge in [-0.1, -0.05) is 48.0 Å².